The summed E-state index contributed by atoms with van der Waals surface area (Å²) >= 11 is 0. The molecule has 1 aromatic carbocycles. The van der Waals surface area contributed by atoms with E-state index < -0.39 is 11.9 Å². The van der Waals surface area contributed by atoms with Gasteiger partial charge in [-0.1, -0.05) is 30.3 Å². The summed E-state index contributed by atoms with van der Waals surface area (Å²) in [6.45, 7) is 2.08. The number of benzene rings is 1. The van der Waals surface area contributed by atoms with E-state index in [4.69, 9.17) is 4.98 Å². The van der Waals surface area contributed by atoms with Gasteiger partial charge in [0.05, 0.1) is 6.20 Å². The van der Waals surface area contributed by atoms with E-state index in [1.54, 1.807) is 16.8 Å². The van der Waals surface area contributed by atoms with E-state index in [9.17, 15) is 9.59 Å². The van der Waals surface area contributed by atoms with Crippen LogP contribution in [0.5, 0.6) is 0 Å². The Labute approximate surface area is 172 Å². The second kappa shape index (κ2) is 7.18. The van der Waals surface area contributed by atoms with Crippen LogP contribution in [-0.4, -0.2) is 32.6 Å². The van der Waals surface area contributed by atoms with Crippen LogP contribution in [0.15, 0.2) is 48.3 Å². The SMILES string of the molecule is C[C@@H](Nc1cc(NC2CC2)n2ncc(/C=C3\NC(=O)NC3=O)c2n1)c1ccccc1. The van der Waals surface area contributed by atoms with Gasteiger partial charge < -0.3 is 16.0 Å². The maximum atomic E-state index is 11.9. The highest BCUT2D eigenvalue weighted by molar-refractivity contribution is 6.14. The van der Waals surface area contributed by atoms with Crippen LogP contribution in [0.4, 0.5) is 16.4 Å². The third kappa shape index (κ3) is 3.57. The number of urea groups is 1. The lowest BCUT2D eigenvalue weighted by molar-refractivity contribution is -0.115. The molecule has 1 aliphatic heterocycles. The van der Waals surface area contributed by atoms with E-state index >= 15 is 0 Å². The van der Waals surface area contributed by atoms with E-state index in [0.717, 1.165) is 24.2 Å². The Kier molecular flexibility index (Phi) is 4.35. The molecule has 1 atom stereocenters. The van der Waals surface area contributed by atoms with Crippen LogP contribution in [0.2, 0.25) is 0 Å². The Bertz CT molecular complexity index is 1160. The van der Waals surface area contributed by atoms with Crippen LogP contribution in [0.1, 0.15) is 36.9 Å². The van der Waals surface area contributed by atoms with Crippen molar-refractivity contribution in [3.05, 3.63) is 59.4 Å². The maximum Gasteiger partial charge on any atom is 0.326 e. The molecule has 4 N–H and O–H groups in total. The molecular formula is C21H21N7O2. The Hall–Kier alpha value is -3.88. The number of hydrogen-bond donors (Lipinski definition) is 4. The molecule has 1 aliphatic carbocycles. The predicted molar refractivity (Wildman–Crippen MR) is 113 cm³/mol. The van der Waals surface area contributed by atoms with Gasteiger partial charge in [-0.15, -0.1) is 0 Å². The van der Waals surface area contributed by atoms with Crippen molar-refractivity contribution in [2.24, 2.45) is 0 Å². The Morgan fingerprint density at radius 1 is 1.20 bits per heavy atom. The number of aromatic nitrogens is 3. The molecule has 152 valence electrons. The largest absolute Gasteiger partial charge is 0.367 e. The highest BCUT2D eigenvalue weighted by Gasteiger charge is 2.25. The molecule has 3 heterocycles. The lowest BCUT2D eigenvalue weighted by Crippen LogP contribution is -2.22. The van der Waals surface area contributed by atoms with E-state index in [1.165, 1.54) is 0 Å². The van der Waals surface area contributed by atoms with Crippen LogP contribution in [0.3, 0.4) is 0 Å². The third-order valence-corrected chi connectivity index (χ3v) is 5.11. The predicted octanol–water partition coefficient (Wildman–Crippen LogP) is 2.66. The Morgan fingerprint density at radius 2 is 2.00 bits per heavy atom. The second-order valence-corrected chi connectivity index (χ2v) is 7.52. The van der Waals surface area contributed by atoms with Crippen molar-refractivity contribution in [1.82, 2.24) is 25.2 Å². The average molecular weight is 403 g/mol. The number of fused-ring (bicyclic) bond motifs is 1. The number of nitrogens with zero attached hydrogens (tertiary/aromatic N) is 3. The zero-order valence-corrected chi connectivity index (χ0v) is 16.3. The van der Waals surface area contributed by atoms with Crippen molar-refractivity contribution < 1.29 is 9.59 Å². The summed E-state index contributed by atoms with van der Waals surface area (Å²) in [5, 5.41) is 16.1. The normalized spacial score (nSPS) is 18.4. The molecule has 2 aliphatic rings. The molecule has 2 fully saturated rings. The molecule has 3 aromatic rings. The van der Waals surface area contributed by atoms with Gasteiger partial charge in [-0.25, -0.2) is 9.78 Å². The molecule has 9 heteroatoms. The first kappa shape index (κ1) is 18.2. The van der Waals surface area contributed by atoms with Crippen molar-refractivity contribution in [2.45, 2.75) is 31.8 Å². The molecule has 2 aromatic heterocycles. The topological polar surface area (TPSA) is 112 Å². The van der Waals surface area contributed by atoms with Crippen molar-refractivity contribution in [3.8, 4) is 0 Å². The number of rotatable bonds is 6. The van der Waals surface area contributed by atoms with Crippen LogP contribution >= 0.6 is 0 Å². The summed E-state index contributed by atoms with van der Waals surface area (Å²) in [5.41, 5.74) is 2.54. The first-order valence-corrected chi connectivity index (χ1v) is 9.87. The Balaban J connectivity index is 1.53. The van der Waals surface area contributed by atoms with Crippen molar-refractivity contribution in [2.75, 3.05) is 10.6 Å². The zero-order valence-electron chi connectivity index (χ0n) is 16.3. The van der Waals surface area contributed by atoms with Gasteiger partial charge in [-0.05, 0) is 31.4 Å². The highest BCUT2D eigenvalue weighted by atomic mass is 16.2. The molecule has 1 saturated carbocycles. The van der Waals surface area contributed by atoms with Gasteiger partial charge in [-0.3, -0.25) is 10.1 Å². The van der Waals surface area contributed by atoms with Crippen LogP contribution in [0.25, 0.3) is 11.7 Å². The van der Waals surface area contributed by atoms with Gasteiger partial charge in [0.1, 0.15) is 17.3 Å². The molecule has 1 saturated heterocycles. The molecule has 9 nitrogen and oxygen atoms in total. The first-order chi connectivity index (χ1) is 14.6. The fraction of sp³-hybridized carbons (Fsp3) is 0.238. The standard InChI is InChI=1S/C21H21N7O2/c1-12(13-5-3-2-4-6-13)23-17-10-18(24-15-7-8-15)28-19(26-17)14(11-22-28)9-16-20(29)27-21(30)25-16/h2-6,9-12,15,24H,7-8H2,1H3,(H,23,26)(H2,25,27,29,30)/b16-9-/t12-/m1/s1. The van der Waals surface area contributed by atoms with E-state index in [-0.39, 0.29) is 11.7 Å². The third-order valence-electron chi connectivity index (χ3n) is 5.11. The van der Waals surface area contributed by atoms with Gasteiger partial charge in [0.2, 0.25) is 0 Å². The van der Waals surface area contributed by atoms with E-state index in [2.05, 4.69) is 45.4 Å². The van der Waals surface area contributed by atoms with Crippen molar-refractivity contribution in [3.63, 3.8) is 0 Å². The highest BCUT2D eigenvalue weighted by Crippen LogP contribution is 2.28. The van der Waals surface area contributed by atoms with Gasteiger partial charge in [0.15, 0.2) is 5.65 Å². The molecule has 0 radical (unpaired) electrons. The molecular weight excluding hydrogens is 382 g/mol. The minimum Gasteiger partial charge on any atom is -0.367 e. The summed E-state index contributed by atoms with van der Waals surface area (Å²) in [4.78, 5) is 28.0. The van der Waals surface area contributed by atoms with Crippen LogP contribution < -0.4 is 21.3 Å². The number of amides is 3. The summed E-state index contributed by atoms with van der Waals surface area (Å²) in [7, 11) is 0. The van der Waals surface area contributed by atoms with E-state index in [1.807, 2.05) is 24.3 Å². The fourth-order valence-corrected chi connectivity index (χ4v) is 3.38. The summed E-state index contributed by atoms with van der Waals surface area (Å²) in [6.07, 6.45) is 5.46. The van der Waals surface area contributed by atoms with Gasteiger partial charge in [0.25, 0.3) is 5.91 Å². The summed E-state index contributed by atoms with van der Waals surface area (Å²) in [6, 6.07) is 12.0. The Morgan fingerprint density at radius 3 is 2.70 bits per heavy atom. The molecule has 0 bridgehead atoms. The average Bonchev–Trinajstić information content (AvgIpc) is 3.37. The van der Waals surface area contributed by atoms with Crippen LogP contribution in [0, 0.1) is 0 Å². The van der Waals surface area contributed by atoms with Gasteiger partial charge in [-0.2, -0.15) is 9.61 Å². The minimum absolute atomic E-state index is 0.0551. The molecule has 5 rings (SSSR count). The van der Waals surface area contributed by atoms with Crippen LogP contribution in [-0.2, 0) is 4.79 Å². The number of imide groups is 1. The summed E-state index contributed by atoms with van der Waals surface area (Å²) < 4.78 is 1.72. The molecule has 3 amide bonds. The molecule has 30 heavy (non-hydrogen) atoms. The molecule has 0 spiro atoms. The van der Waals surface area contributed by atoms with Crippen molar-refractivity contribution in [1.29, 1.82) is 0 Å². The molecule has 0 unspecified atom stereocenters. The monoisotopic (exact) mass is 403 g/mol. The maximum absolute atomic E-state index is 11.9. The summed E-state index contributed by atoms with van der Waals surface area (Å²) in [5.74, 6) is 1.06. The fourth-order valence-electron chi connectivity index (χ4n) is 3.38. The zero-order chi connectivity index (χ0) is 20.7. The van der Waals surface area contributed by atoms with E-state index in [0.29, 0.717) is 23.1 Å². The number of hydrogen-bond acceptors (Lipinski definition) is 6. The second-order valence-electron chi connectivity index (χ2n) is 7.52. The minimum atomic E-state index is -0.536. The lowest BCUT2D eigenvalue weighted by Gasteiger charge is -2.17. The smallest absolute Gasteiger partial charge is 0.326 e. The van der Waals surface area contributed by atoms with Gasteiger partial charge in [0, 0.05) is 23.7 Å². The number of anilines is 2. The number of carbonyl (C=O) groups is 2. The van der Waals surface area contributed by atoms with Gasteiger partial charge >= 0.3 is 6.03 Å². The lowest BCUT2D eigenvalue weighted by atomic mass is 10.1. The number of carbonyl (C=O) groups excluding carboxylic acids is 2. The first-order valence-electron chi connectivity index (χ1n) is 9.87. The van der Waals surface area contributed by atoms with Crippen molar-refractivity contribution >= 4 is 35.3 Å². The quantitative estimate of drug-likeness (QED) is 0.372. The number of nitrogens with one attached hydrogen (secondary N) is 4.